The average molecular weight is 343 g/mol. The molecule has 0 saturated carbocycles. The van der Waals surface area contributed by atoms with Crippen molar-refractivity contribution in [2.45, 2.75) is 6.92 Å². The molecule has 1 amide bonds. The Morgan fingerprint density at radius 1 is 1.38 bits per heavy atom. The van der Waals surface area contributed by atoms with Crippen molar-refractivity contribution in [2.24, 2.45) is 5.10 Å². The molecule has 0 radical (unpaired) electrons. The second kappa shape index (κ2) is 7.65. The van der Waals surface area contributed by atoms with Gasteiger partial charge in [-0.15, -0.1) is 6.58 Å². The molecule has 0 spiro atoms. The van der Waals surface area contributed by atoms with Crippen LogP contribution in [0.4, 0.5) is 0 Å². The van der Waals surface area contributed by atoms with Crippen molar-refractivity contribution in [1.82, 2.24) is 9.91 Å². The molecule has 124 valence electrons. The highest BCUT2D eigenvalue weighted by Gasteiger charge is 2.38. The van der Waals surface area contributed by atoms with E-state index in [2.05, 4.69) is 16.4 Å². The summed E-state index contributed by atoms with van der Waals surface area (Å²) in [5.41, 5.74) is 1.61. The lowest BCUT2D eigenvalue weighted by atomic mass is 10.1. The molecule has 24 heavy (non-hydrogen) atoms. The van der Waals surface area contributed by atoms with Crippen LogP contribution in [0.15, 0.2) is 59.9 Å². The van der Waals surface area contributed by atoms with E-state index in [0.717, 1.165) is 16.6 Å². The van der Waals surface area contributed by atoms with Gasteiger partial charge in [-0.2, -0.15) is 10.1 Å². The van der Waals surface area contributed by atoms with Crippen LogP contribution >= 0.6 is 12.2 Å². The third kappa shape index (κ3) is 3.57. The highest BCUT2D eigenvalue weighted by Crippen LogP contribution is 2.22. The zero-order valence-electron chi connectivity index (χ0n) is 13.4. The molecule has 1 aromatic carbocycles. The summed E-state index contributed by atoms with van der Waals surface area (Å²) < 4.78 is 4.59. The number of carbonyl (C=O) groups is 2. The summed E-state index contributed by atoms with van der Waals surface area (Å²) in [4.78, 5) is 25.6. The zero-order valence-corrected chi connectivity index (χ0v) is 14.2. The third-order valence-corrected chi connectivity index (χ3v) is 3.72. The van der Waals surface area contributed by atoms with E-state index in [1.54, 1.807) is 13.0 Å². The fourth-order valence-electron chi connectivity index (χ4n) is 2.12. The number of amides is 1. The van der Waals surface area contributed by atoms with Gasteiger partial charge in [-0.05, 0) is 24.7 Å². The maximum absolute atomic E-state index is 12.6. The van der Waals surface area contributed by atoms with Crippen LogP contribution in [0.25, 0.3) is 0 Å². The van der Waals surface area contributed by atoms with Gasteiger partial charge >= 0.3 is 5.97 Å². The normalized spacial score (nSPS) is 16.8. The Morgan fingerprint density at radius 3 is 2.62 bits per heavy atom. The number of esters is 1. The Bertz CT molecular complexity index is 741. The summed E-state index contributed by atoms with van der Waals surface area (Å²) in [6.45, 7) is 5.71. The summed E-state index contributed by atoms with van der Waals surface area (Å²) in [5, 5.41) is 5.61. The largest absolute Gasteiger partial charge is 0.466 e. The molecule has 7 heteroatoms. The van der Waals surface area contributed by atoms with Crippen molar-refractivity contribution in [3.63, 3.8) is 0 Å². The van der Waals surface area contributed by atoms with Crippen LogP contribution in [0.2, 0.25) is 0 Å². The van der Waals surface area contributed by atoms with Gasteiger partial charge in [0.2, 0.25) is 5.11 Å². The highest BCUT2D eigenvalue weighted by molar-refractivity contribution is 7.80. The molecule has 0 aliphatic carbocycles. The van der Waals surface area contributed by atoms with Gasteiger partial charge in [0.15, 0.2) is 0 Å². The van der Waals surface area contributed by atoms with Crippen molar-refractivity contribution in [3.05, 3.63) is 60.3 Å². The van der Waals surface area contributed by atoms with Gasteiger partial charge in [0, 0.05) is 6.54 Å². The molecule has 1 aromatic rings. The second-order valence-corrected chi connectivity index (χ2v) is 5.27. The van der Waals surface area contributed by atoms with Crippen molar-refractivity contribution in [1.29, 1.82) is 0 Å². The zero-order chi connectivity index (χ0) is 17.7. The Morgan fingerprint density at radius 2 is 2.04 bits per heavy atom. The summed E-state index contributed by atoms with van der Waals surface area (Å²) in [6.07, 6.45) is 2.69. The van der Waals surface area contributed by atoms with E-state index in [1.807, 2.05) is 30.3 Å². The van der Waals surface area contributed by atoms with Crippen molar-refractivity contribution < 1.29 is 14.3 Å². The molecule has 0 N–H and O–H groups in total. The molecule has 0 bridgehead atoms. The number of hydrogen-bond donors (Lipinski definition) is 0. The first-order valence-corrected chi connectivity index (χ1v) is 7.57. The van der Waals surface area contributed by atoms with E-state index in [1.165, 1.54) is 12.0 Å². The molecule has 0 aromatic heterocycles. The van der Waals surface area contributed by atoms with E-state index in [0.29, 0.717) is 5.71 Å². The fourth-order valence-corrected chi connectivity index (χ4v) is 2.42. The van der Waals surface area contributed by atoms with Crippen molar-refractivity contribution >= 4 is 34.9 Å². The van der Waals surface area contributed by atoms with Gasteiger partial charge in [-0.3, -0.25) is 4.79 Å². The van der Waals surface area contributed by atoms with Gasteiger partial charge in [-0.1, -0.05) is 36.4 Å². The van der Waals surface area contributed by atoms with E-state index in [-0.39, 0.29) is 17.4 Å². The maximum atomic E-state index is 12.6. The van der Waals surface area contributed by atoms with E-state index in [4.69, 9.17) is 12.2 Å². The topological polar surface area (TPSA) is 62.2 Å². The monoisotopic (exact) mass is 343 g/mol. The summed E-state index contributed by atoms with van der Waals surface area (Å²) in [6, 6.07) is 9.42. The lowest BCUT2D eigenvalue weighted by molar-refractivity contribution is -0.135. The van der Waals surface area contributed by atoms with Gasteiger partial charge in [0.25, 0.3) is 5.91 Å². The second-order valence-electron chi connectivity index (χ2n) is 4.90. The summed E-state index contributed by atoms with van der Waals surface area (Å²) in [5.74, 6) is -1.12. The molecule has 1 aliphatic heterocycles. The SMILES string of the molecule is C=CCN1C(=S)N(/N=C(/C)c2ccccc2)C(=O)/C1=C/C(=O)OC. The first kappa shape index (κ1) is 17.6. The minimum atomic E-state index is -0.638. The summed E-state index contributed by atoms with van der Waals surface area (Å²) >= 11 is 5.32. The smallest absolute Gasteiger partial charge is 0.332 e. The minimum Gasteiger partial charge on any atom is -0.466 e. The predicted molar refractivity (Wildman–Crippen MR) is 95.1 cm³/mol. The molecular formula is C17H17N3O3S. The Balaban J connectivity index is 2.39. The lowest BCUT2D eigenvalue weighted by Gasteiger charge is -2.16. The van der Waals surface area contributed by atoms with Crippen LogP contribution in [0.1, 0.15) is 12.5 Å². The number of carbonyl (C=O) groups excluding carboxylic acids is 2. The number of methoxy groups -OCH3 is 1. The van der Waals surface area contributed by atoms with E-state index in [9.17, 15) is 9.59 Å². The number of rotatable bonds is 5. The van der Waals surface area contributed by atoms with Crippen molar-refractivity contribution in [3.8, 4) is 0 Å². The van der Waals surface area contributed by atoms with Crippen LogP contribution in [0.5, 0.6) is 0 Å². The lowest BCUT2D eigenvalue weighted by Crippen LogP contribution is -2.29. The third-order valence-electron chi connectivity index (χ3n) is 3.32. The van der Waals surface area contributed by atoms with Crippen LogP contribution in [-0.2, 0) is 14.3 Å². The molecule has 1 fully saturated rings. The molecule has 1 saturated heterocycles. The van der Waals surface area contributed by atoms with E-state index >= 15 is 0 Å². The van der Waals surface area contributed by atoms with Crippen LogP contribution in [-0.4, -0.2) is 46.3 Å². The molecule has 2 rings (SSSR count). The molecule has 6 nitrogen and oxygen atoms in total. The minimum absolute atomic E-state index is 0.108. The van der Waals surface area contributed by atoms with Gasteiger partial charge in [-0.25, -0.2) is 4.79 Å². The number of benzene rings is 1. The quantitative estimate of drug-likeness (QED) is 0.269. The molecule has 0 unspecified atom stereocenters. The van der Waals surface area contributed by atoms with Crippen molar-refractivity contribution in [2.75, 3.05) is 13.7 Å². The van der Waals surface area contributed by atoms with Gasteiger partial charge < -0.3 is 9.64 Å². The first-order chi connectivity index (χ1) is 11.5. The molecule has 0 atom stereocenters. The Hall–Kier alpha value is -2.80. The number of thiocarbonyl (C=S) groups is 1. The maximum Gasteiger partial charge on any atom is 0.332 e. The molecule has 1 heterocycles. The standard InChI is InChI=1S/C17H17N3O3S/c1-4-10-19-14(11-15(21)23-3)16(22)20(17(19)24)18-12(2)13-8-6-5-7-9-13/h4-9,11H,1,10H2,2-3H3/b14-11-,18-12-. The Kier molecular flexibility index (Phi) is 5.59. The van der Waals surface area contributed by atoms with Crippen LogP contribution in [0.3, 0.4) is 0 Å². The number of ether oxygens (including phenoxy) is 1. The predicted octanol–water partition coefficient (Wildman–Crippen LogP) is 2.08. The Labute approximate surface area is 145 Å². The highest BCUT2D eigenvalue weighted by atomic mass is 32.1. The van der Waals surface area contributed by atoms with E-state index < -0.39 is 11.9 Å². The molecule has 1 aliphatic rings. The van der Waals surface area contributed by atoms with Crippen LogP contribution < -0.4 is 0 Å². The average Bonchev–Trinajstić information content (AvgIpc) is 2.81. The number of hydrogen-bond acceptors (Lipinski definition) is 5. The van der Waals surface area contributed by atoms with Gasteiger partial charge in [0.1, 0.15) is 5.70 Å². The van der Waals surface area contributed by atoms with Crippen LogP contribution in [0, 0.1) is 0 Å². The summed E-state index contributed by atoms with van der Waals surface area (Å²) in [7, 11) is 1.24. The number of nitrogens with zero attached hydrogens (tertiary/aromatic N) is 3. The first-order valence-electron chi connectivity index (χ1n) is 7.16. The number of hydrazone groups is 1. The fraction of sp³-hybridized carbons (Fsp3) is 0.176. The molecular weight excluding hydrogens is 326 g/mol. The van der Waals surface area contributed by atoms with Gasteiger partial charge in [0.05, 0.1) is 18.9 Å².